The highest BCUT2D eigenvalue weighted by Crippen LogP contribution is 2.22. The van der Waals surface area contributed by atoms with Crippen molar-refractivity contribution in [1.82, 2.24) is 9.78 Å². The second kappa shape index (κ2) is 5.53. The Bertz CT molecular complexity index is 534. The first kappa shape index (κ1) is 13.1. The van der Waals surface area contributed by atoms with Crippen molar-refractivity contribution in [2.45, 2.75) is 32.2 Å². The van der Waals surface area contributed by atoms with Gasteiger partial charge in [-0.2, -0.15) is 5.10 Å². The van der Waals surface area contributed by atoms with E-state index < -0.39 is 0 Å². The third-order valence-corrected chi connectivity index (χ3v) is 3.16. The summed E-state index contributed by atoms with van der Waals surface area (Å²) in [7, 11) is 0. The van der Waals surface area contributed by atoms with Crippen LogP contribution in [0.25, 0.3) is 0 Å². The quantitative estimate of drug-likeness (QED) is 0.767. The molecule has 1 aromatic heterocycles. The van der Waals surface area contributed by atoms with Gasteiger partial charge in [0.1, 0.15) is 5.82 Å². The third-order valence-electron chi connectivity index (χ3n) is 2.87. The van der Waals surface area contributed by atoms with Crippen LogP contribution in [-0.4, -0.2) is 9.78 Å². The van der Waals surface area contributed by atoms with E-state index in [4.69, 9.17) is 11.6 Å². The van der Waals surface area contributed by atoms with E-state index in [1.54, 1.807) is 12.3 Å². The zero-order valence-corrected chi connectivity index (χ0v) is 11.3. The van der Waals surface area contributed by atoms with Crippen molar-refractivity contribution >= 4 is 11.6 Å². The third kappa shape index (κ3) is 2.72. The Hall–Kier alpha value is -1.35. The summed E-state index contributed by atoms with van der Waals surface area (Å²) in [5.41, 5.74) is 3.07. The van der Waals surface area contributed by atoms with Gasteiger partial charge in [0.25, 0.3) is 0 Å². The van der Waals surface area contributed by atoms with Gasteiger partial charge in [0.05, 0.1) is 18.6 Å². The van der Waals surface area contributed by atoms with E-state index in [1.807, 2.05) is 10.7 Å². The Balaban J connectivity index is 2.32. The maximum atomic E-state index is 13.1. The first-order valence-electron chi connectivity index (χ1n) is 5.96. The number of nitrogens with zero attached hydrogens (tertiary/aromatic N) is 2. The van der Waals surface area contributed by atoms with Crippen LogP contribution in [0.2, 0.25) is 0 Å². The molecule has 4 heteroatoms. The lowest BCUT2D eigenvalue weighted by Gasteiger charge is -2.12. The van der Waals surface area contributed by atoms with Gasteiger partial charge < -0.3 is 0 Å². The number of halogens is 2. The predicted molar refractivity (Wildman–Crippen MR) is 71.4 cm³/mol. The number of aromatic nitrogens is 2. The minimum atomic E-state index is -0.219. The molecular weight excluding hydrogens is 251 g/mol. The molecule has 0 atom stereocenters. The van der Waals surface area contributed by atoms with Gasteiger partial charge in [-0.1, -0.05) is 26.0 Å². The molecule has 0 amide bonds. The minimum Gasteiger partial charge on any atom is -0.265 e. The van der Waals surface area contributed by atoms with Crippen LogP contribution in [0.3, 0.4) is 0 Å². The summed E-state index contributed by atoms with van der Waals surface area (Å²) in [6.07, 6.45) is 1.79. The number of alkyl halides is 1. The molecule has 0 aliphatic heterocycles. The van der Waals surface area contributed by atoms with Crippen LogP contribution in [0.5, 0.6) is 0 Å². The first-order valence-corrected chi connectivity index (χ1v) is 6.50. The zero-order chi connectivity index (χ0) is 13.1. The minimum absolute atomic E-state index is 0.219. The van der Waals surface area contributed by atoms with E-state index in [1.165, 1.54) is 12.1 Å². The van der Waals surface area contributed by atoms with Gasteiger partial charge in [0, 0.05) is 11.3 Å². The van der Waals surface area contributed by atoms with E-state index in [9.17, 15) is 4.39 Å². The molecule has 0 saturated heterocycles. The molecule has 0 fully saturated rings. The van der Waals surface area contributed by atoms with Crippen LogP contribution in [-0.2, 0) is 12.4 Å². The fraction of sp³-hybridized carbons (Fsp3) is 0.357. The summed E-state index contributed by atoms with van der Waals surface area (Å²) in [5, 5.41) is 4.34. The van der Waals surface area contributed by atoms with E-state index in [0.29, 0.717) is 18.3 Å². The van der Waals surface area contributed by atoms with Crippen molar-refractivity contribution in [3.05, 3.63) is 53.1 Å². The smallest absolute Gasteiger partial charge is 0.123 e. The summed E-state index contributed by atoms with van der Waals surface area (Å²) < 4.78 is 15.0. The molecule has 0 spiro atoms. The topological polar surface area (TPSA) is 17.8 Å². The van der Waals surface area contributed by atoms with Crippen LogP contribution in [0.4, 0.5) is 4.39 Å². The Kier molecular flexibility index (Phi) is 4.02. The van der Waals surface area contributed by atoms with Gasteiger partial charge in [-0.15, -0.1) is 11.6 Å². The van der Waals surface area contributed by atoms with Gasteiger partial charge in [-0.25, -0.2) is 4.39 Å². The first-order chi connectivity index (χ1) is 8.61. The zero-order valence-electron chi connectivity index (χ0n) is 10.5. The lowest BCUT2D eigenvalue weighted by molar-refractivity contribution is 0.601. The van der Waals surface area contributed by atoms with Gasteiger partial charge in [0.15, 0.2) is 0 Å². The number of hydrogen-bond acceptors (Lipinski definition) is 1. The highest BCUT2D eigenvalue weighted by atomic mass is 35.5. The Morgan fingerprint density at radius 1 is 1.39 bits per heavy atom. The van der Waals surface area contributed by atoms with E-state index in [-0.39, 0.29) is 5.82 Å². The number of benzene rings is 1. The van der Waals surface area contributed by atoms with Crippen molar-refractivity contribution in [2.24, 2.45) is 0 Å². The molecule has 0 unspecified atom stereocenters. The second-order valence-electron chi connectivity index (χ2n) is 4.63. The van der Waals surface area contributed by atoms with Crippen LogP contribution >= 0.6 is 11.6 Å². The SMILES string of the molecule is CC(C)c1c(CCl)cnn1Cc1cccc(F)c1. The van der Waals surface area contributed by atoms with Crippen molar-refractivity contribution in [3.8, 4) is 0 Å². The standard InChI is InChI=1S/C14H16ClFN2/c1-10(2)14-12(7-15)8-17-18(14)9-11-4-3-5-13(16)6-11/h3-6,8,10H,7,9H2,1-2H3. The molecule has 96 valence electrons. The molecule has 18 heavy (non-hydrogen) atoms. The largest absolute Gasteiger partial charge is 0.265 e. The van der Waals surface area contributed by atoms with E-state index in [2.05, 4.69) is 18.9 Å². The van der Waals surface area contributed by atoms with E-state index in [0.717, 1.165) is 16.8 Å². The molecule has 2 rings (SSSR count). The Morgan fingerprint density at radius 3 is 2.78 bits per heavy atom. The van der Waals surface area contributed by atoms with Gasteiger partial charge in [0.2, 0.25) is 0 Å². The molecule has 0 aliphatic rings. The molecule has 1 heterocycles. The van der Waals surface area contributed by atoms with Crippen molar-refractivity contribution in [3.63, 3.8) is 0 Å². The summed E-state index contributed by atoms with van der Waals surface area (Å²) in [6.45, 7) is 4.78. The highest BCUT2D eigenvalue weighted by molar-refractivity contribution is 6.17. The molecule has 0 bridgehead atoms. The van der Waals surface area contributed by atoms with Crippen LogP contribution in [0, 0.1) is 5.82 Å². The monoisotopic (exact) mass is 266 g/mol. The molecule has 2 aromatic rings. The summed E-state index contributed by atoms with van der Waals surface area (Å²) in [6, 6.07) is 6.59. The molecule has 2 nitrogen and oxygen atoms in total. The number of rotatable bonds is 4. The molecular formula is C14H16ClFN2. The summed E-state index contributed by atoms with van der Waals surface area (Å²) in [5.74, 6) is 0.578. The maximum Gasteiger partial charge on any atom is 0.123 e. The second-order valence-corrected chi connectivity index (χ2v) is 4.90. The lowest BCUT2D eigenvalue weighted by Crippen LogP contribution is -2.08. The van der Waals surface area contributed by atoms with Crippen molar-refractivity contribution in [1.29, 1.82) is 0 Å². The normalized spacial score (nSPS) is 11.2. The van der Waals surface area contributed by atoms with Gasteiger partial charge in [-0.05, 0) is 23.6 Å². The fourth-order valence-corrected chi connectivity index (χ4v) is 2.35. The average molecular weight is 267 g/mol. The van der Waals surface area contributed by atoms with E-state index >= 15 is 0 Å². The molecule has 0 N–H and O–H groups in total. The van der Waals surface area contributed by atoms with Crippen molar-refractivity contribution < 1.29 is 4.39 Å². The van der Waals surface area contributed by atoms with Crippen LogP contribution < -0.4 is 0 Å². The summed E-state index contributed by atoms with van der Waals surface area (Å²) >= 11 is 5.90. The molecule has 0 aliphatic carbocycles. The highest BCUT2D eigenvalue weighted by Gasteiger charge is 2.13. The Labute approximate surface area is 111 Å². The Morgan fingerprint density at radius 2 is 2.17 bits per heavy atom. The average Bonchev–Trinajstić information content (AvgIpc) is 2.72. The van der Waals surface area contributed by atoms with Gasteiger partial charge >= 0.3 is 0 Å². The van der Waals surface area contributed by atoms with Crippen molar-refractivity contribution in [2.75, 3.05) is 0 Å². The molecule has 1 aromatic carbocycles. The van der Waals surface area contributed by atoms with Crippen LogP contribution in [0.15, 0.2) is 30.5 Å². The maximum absolute atomic E-state index is 13.1. The molecule has 0 radical (unpaired) electrons. The van der Waals surface area contributed by atoms with Crippen LogP contribution in [0.1, 0.15) is 36.6 Å². The van der Waals surface area contributed by atoms with Gasteiger partial charge in [-0.3, -0.25) is 4.68 Å². The molecule has 0 saturated carbocycles. The lowest BCUT2D eigenvalue weighted by atomic mass is 10.1. The number of hydrogen-bond donors (Lipinski definition) is 0. The predicted octanol–water partition coefficient (Wildman–Crippen LogP) is 3.93. The summed E-state index contributed by atoms with van der Waals surface area (Å²) in [4.78, 5) is 0. The fourth-order valence-electron chi connectivity index (χ4n) is 2.14.